The Bertz CT molecular complexity index is 898. The fourth-order valence-electron chi connectivity index (χ4n) is 3.48. The lowest BCUT2D eigenvalue weighted by molar-refractivity contribution is 0.0921. The molecule has 0 radical (unpaired) electrons. The molecule has 0 bridgehead atoms. The summed E-state index contributed by atoms with van der Waals surface area (Å²) in [5.74, 6) is -3.77. The normalized spacial score (nSPS) is 19.0. The summed E-state index contributed by atoms with van der Waals surface area (Å²) in [6.07, 6.45) is 4.63. The first-order chi connectivity index (χ1) is 13.8. The van der Waals surface area contributed by atoms with Gasteiger partial charge in [-0.25, -0.2) is 18.2 Å². The molecule has 0 saturated heterocycles. The Morgan fingerprint density at radius 2 is 1.72 bits per heavy atom. The SMILES string of the molecule is Cc1cnc(N[C@H]2CC[C@@H](NC(=O)c3ccc(F)c(F)c3F)CC2)nc1N(C)C. The lowest BCUT2D eigenvalue weighted by Crippen LogP contribution is -2.40. The molecule has 2 N–H and O–H groups in total. The van der Waals surface area contributed by atoms with Gasteiger partial charge in [0.25, 0.3) is 5.91 Å². The maximum absolute atomic E-state index is 13.8. The van der Waals surface area contributed by atoms with Crippen molar-refractivity contribution in [2.75, 3.05) is 24.3 Å². The van der Waals surface area contributed by atoms with Gasteiger partial charge in [-0.3, -0.25) is 4.79 Å². The van der Waals surface area contributed by atoms with E-state index in [1.165, 1.54) is 0 Å². The summed E-state index contributed by atoms with van der Waals surface area (Å²) in [7, 11) is 3.84. The van der Waals surface area contributed by atoms with Crippen LogP contribution in [-0.4, -0.2) is 42.1 Å². The summed E-state index contributed by atoms with van der Waals surface area (Å²) in [4.78, 5) is 23.0. The third-order valence-corrected chi connectivity index (χ3v) is 5.04. The molecule has 0 aliphatic heterocycles. The number of carbonyl (C=O) groups excluding carboxylic acids is 1. The highest BCUT2D eigenvalue weighted by Crippen LogP contribution is 2.23. The van der Waals surface area contributed by atoms with Crippen LogP contribution >= 0.6 is 0 Å². The molecule has 1 aromatic carbocycles. The van der Waals surface area contributed by atoms with Gasteiger partial charge in [-0.1, -0.05) is 0 Å². The molecule has 6 nitrogen and oxygen atoms in total. The van der Waals surface area contributed by atoms with Crippen LogP contribution in [0.5, 0.6) is 0 Å². The third kappa shape index (κ3) is 4.78. The summed E-state index contributed by atoms with van der Waals surface area (Å²) >= 11 is 0. The van der Waals surface area contributed by atoms with Crippen molar-refractivity contribution < 1.29 is 18.0 Å². The van der Waals surface area contributed by atoms with Gasteiger partial charge in [0.1, 0.15) is 5.82 Å². The summed E-state index contributed by atoms with van der Waals surface area (Å²) in [6, 6.07) is 1.69. The molecule has 1 aliphatic rings. The summed E-state index contributed by atoms with van der Waals surface area (Å²) in [5, 5.41) is 6.02. The summed E-state index contributed by atoms with van der Waals surface area (Å²) in [5.41, 5.74) is 0.491. The van der Waals surface area contributed by atoms with Gasteiger partial charge in [0.05, 0.1) is 5.56 Å². The van der Waals surface area contributed by atoms with Crippen molar-refractivity contribution in [3.63, 3.8) is 0 Å². The minimum Gasteiger partial charge on any atom is -0.362 e. The second-order valence-electron chi connectivity index (χ2n) is 7.48. The van der Waals surface area contributed by atoms with Gasteiger partial charge in [-0.2, -0.15) is 4.98 Å². The standard InChI is InChI=1S/C20H24F3N5O/c1-11-10-24-20(27-18(11)28(2)3)26-13-6-4-12(5-7-13)25-19(29)14-8-9-15(21)17(23)16(14)22/h8-10,12-13H,4-7H2,1-3H3,(H,25,29)(H,24,26,27)/t12-,13+. The zero-order chi connectivity index (χ0) is 21.1. The number of halogens is 3. The highest BCUT2D eigenvalue weighted by atomic mass is 19.2. The predicted molar refractivity (Wildman–Crippen MR) is 105 cm³/mol. The van der Waals surface area contributed by atoms with Crippen LogP contribution in [0.4, 0.5) is 24.9 Å². The van der Waals surface area contributed by atoms with Gasteiger partial charge in [-0.05, 0) is 44.7 Å². The number of nitrogens with zero attached hydrogens (tertiary/aromatic N) is 3. The summed E-state index contributed by atoms with van der Waals surface area (Å²) in [6.45, 7) is 1.95. The van der Waals surface area contributed by atoms with Crippen molar-refractivity contribution in [3.05, 3.63) is 46.9 Å². The van der Waals surface area contributed by atoms with E-state index in [-0.39, 0.29) is 12.1 Å². The third-order valence-electron chi connectivity index (χ3n) is 5.04. The van der Waals surface area contributed by atoms with Crippen molar-refractivity contribution in [2.45, 2.75) is 44.7 Å². The molecular weight excluding hydrogens is 383 g/mol. The van der Waals surface area contributed by atoms with E-state index in [0.717, 1.165) is 36.4 Å². The topological polar surface area (TPSA) is 70.1 Å². The smallest absolute Gasteiger partial charge is 0.254 e. The number of aromatic nitrogens is 2. The van der Waals surface area contributed by atoms with Crippen molar-refractivity contribution in [2.24, 2.45) is 0 Å². The second kappa shape index (κ2) is 8.67. The molecule has 1 heterocycles. The molecule has 29 heavy (non-hydrogen) atoms. The van der Waals surface area contributed by atoms with Crippen LogP contribution in [0.25, 0.3) is 0 Å². The Kier molecular flexibility index (Phi) is 6.24. The molecule has 1 fully saturated rings. The first kappa shape index (κ1) is 20.9. The van der Waals surface area contributed by atoms with Gasteiger partial charge < -0.3 is 15.5 Å². The number of benzene rings is 1. The Morgan fingerprint density at radius 3 is 2.38 bits per heavy atom. The van der Waals surface area contributed by atoms with E-state index < -0.39 is 28.9 Å². The number of aryl methyl sites for hydroxylation is 1. The summed E-state index contributed by atoms with van der Waals surface area (Å²) < 4.78 is 40.2. The highest BCUT2D eigenvalue weighted by Gasteiger charge is 2.25. The Hall–Kier alpha value is -2.84. The van der Waals surface area contributed by atoms with Gasteiger partial charge in [-0.15, -0.1) is 0 Å². The molecule has 1 aromatic heterocycles. The first-order valence-electron chi connectivity index (χ1n) is 9.48. The van der Waals surface area contributed by atoms with E-state index >= 15 is 0 Å². The fraction of sp³-hybridized carbons (Fsp3) is 0.450. The van der Waals surface area contributed by atoms with Gasteiger partial charge in [0.2, 0.25) is 5.95 Å². The predicted octanol–water partition coefficient (Wildman–Crippen LogP) is 3.42. The van der Waals surface area contributed by atoms with E-state index in [4.69, 9.17) is 0 Å². The molecule has 1 amide bonds. The largest absolute Gasteiger partial charge is 0.362 e. The van der Waals surface area contributed by atoms with Crippen LogP contribution < -0.4 is 15.5 Å². The molecule has 2 aromatic rings. The molecule has 0 spiro atoms. The number of anilines is 2. The van der Waals surface area contributed by atoms with Crippen LogP contribution in [0.2, 0.25) is 0 Å². The maximum atomic E-state index is 13.8. The number of carbonyl (C=O) groups is 1. The zero-order valence-corrected chi connectivity index (χ0v) is 16.6. The monoisotopic (exact) mass is 407 g/mol. The van der Waals surface area contributed by atoms with Crippen molar-refractivity contribution in [1.82, 2.24) is 15.3 Å². The second-order valence-corrected chi connectivity index (χ2v) is 7.48. The quantitative estimate of drug-likeness (QED) is 0.744. The Balaban J connectivity index is 1.55. The van der Waals surface area contributed by atoms with E-state index in [9.17, 15) is 18.0 Å². The van der Waals surface area contributed by atoms with Crippen molar-refractivity contribution >= 4 is 17.7 Å². The van der Waals surface area contributed by atoms with Crippen LogP contribution in [0.15, 0.2) is 18.3 Å². The van der Waals surface area contributed by atoms with E-state index in [2.05, 4.69) is 20.6 Å². The lowest BCUT2D eigenvalue weighted by Gasteiger charge is -2.30. The molecule has 0 atom stereocenters. The lowest BCUT2D eigenvalue weighted by atomic mass is 9.91. The average Bonchev–Trinajstić information content (AvgIpc) is 2.69. The fourth-order valence-corrected chi connectivity index (χ4v) is 3.48. The molecule has 1 aliphatic carbocycles. The van der Waals surface area contributed by atoms with E-state index in [1.54, 1.807) is 6.20 Å². The molecule has 3 rings (SSSR count). The van der Waals surface area contributed by atoms with E-state index in [0.29, 0.717) is 18.8 Å². The first-order valence-corrected chi connectivity index (χ1v) is 9.48. The molecule has 1 saturated carbocycles. The van der Waals surface area contributed by atoms with Crippen molar-refractivity contribution in [3.8, 4) is 0 Å². The Labute approximate surface area is 167 Å². The Morgan fingerprint density at radius 1 is 1.07 bits per heavy atom. The molecular formula is C20H24F3N5O. The molecule has 0 unspecified atom stereocenters. The number of amides is 1. The number of hydrogen-bond donors (Lipinski definition) is 2. The minimum absolute atomic E-state index is 0.154. The number of hydrogen-bond acceptors (Lipinski definition) is 5. The molecule has 9 heteroatoms. The van der Waals surface area contributed by atoms with E-state index in [1.807, 2.05) is 25.9 Å². The number of rotatable bonds is 5. The average molecular weight is 407 g/mol. The number of nitrogens with one attached hydrogen (secondary N) is 2. The van der Waals surface area contributed by atoms with Crippen LogP contribution in [0, 0.1) is 24.4 Å². The van der Waals surface area contributed by atoms with Crippen LogP contribution in [0.1, 0.15) is 41.6 Å². The van der Waals surface area contributed by atoms with Crippen LogP contribution in [0.3, 0.4) is 0 Å². The molecule has 156 valence electrons. The zero-order valence-electron chi connectivity index (χ0n) is 16.6. The van der Waals surface area contributed by atoms with Crippen LogP contribution in [-0.2, 0) is 0 Å². The van der Waals surface area contributed by atoms with Crippen molar-refractivity contribution in [1.29, 1.82) is 0 Å². The van der Waals surface area contributed by atoms with Gasteiger partial charge in [0, 0.05) is 37.9 Å². The van der Waals surface area contributed by atoms with Gasteiger partial charge >= 0.3 is 0 Å². The van der Waals surface area contributed by atoms with Gasteiger partial charge in [0.15, 0.2) is 17.5 Å². The minimum atomic E-state index is -1.64. The maximum Gasteiger partial charge on any atom is 0.254 e. The highest BCUT2D eigenvalue weighted by molar-refractivity contribution is 5.94.